The highest BCUT2D eigenvalue weighted by atomic mass is 19.1. The van der Waals surface area contributed by atoms with E-state index in [1.165, 1.54) is 6.07 Å². The van der Waals surface area contributed by atoms with E-state index >= 15 is 0 Å². The Balaban J connectivity index is 1.45. The van der Waals surface area contributed by atoms with Crippen molar-refractivity contribution in [1.29, 1.82) is 0 Å². The molecule has 3 aliphatic heterocycles. The van der Waals surface area contributed by atoms with Crippen molar-refractivity contribution in [3.8, 4) is 0 Å². The van der Waals surface area contributed by atoms with E-state index < -0.39 is 0 Å². The molecule has 1 aromatic heterocycles. The van der Waals surface area contributed by atoms with Crippen LogP contribution in [0.5, 0.6) is 0 Å². The summed E-state index contributed by atoms with van der Waals surface area (Å²) in [6.07, 6.45) is 4.11. The third-order valence-electron chi connectivity index (χ3n) is 7.23. The van der Waals surface area contributed by atoms with Gasteiger partial charge in [-0.3, -0.25) is 9.59 Å². The van der Waals surface area contributed by atoms with Crippen molar-refractivity contribution in [2.75, 3.05) is 13.1 Å². The molecule has 4 atom stereocenters. The van der Waals surface area contributed by atoms with Crippen molar-refractivity contribution in [3.05, 3.63) is 65.2 Å². The normalized spacial score (nSPS) is 27.7. The average molecular weight is 422 g/mol. The number of pyridine rings is 1. The maximum absolute atomic E-state index is 13.8. The predicted octanol–water partition coefficient (Wildman–Crippen LogP) is 3.61. The number of carbonyl (C=O) groups excluding carboxylic acids is 2. The van der Waals surface area contributed by atoms with Gasteiger partial charge in [-0.25, -0.2) is 9.37 Å². The SMILES string of the molecule is Cc1cccc(C(=O)N2C[C@H]3C[C@@H](C2)[C@H](Cc2cccc(F)c2)N2C(=O)CCC[C@@H]32)n1. The Kier molecular flexibility index (Phi) is 5.24. The molecule has 3 aliphatic rings. The number of aryl methyl sites for hydroxylation is 1. The number of hydrogen-bond donors (Lipinski definition) is 0. The Morgan fingerprint density at radius 2 is 1.97 bits per heavy atom. The van der Waals surface area contributed by atoms with Crippen molar-refractivity contribution in [1.82, 2.24) is 14.8 Å². The van der Waals surface area contributed by atoms with Gasteiger partial charge in [0.15, 0.2) is 0 Å². The molecule has 5 nitrogen and oxygen atoms in total. The zero-order valence-electron chi connectivity index (χ0n) is 17.8. The molecule has 162 valence electrons. The Hall–Kier alpha value is -2.76. The number of benzene rings is 1. The number of halogens is 1. The maximum atomic E-state index is 13.8. The number of carbonyl (C=O) groups is 2. The van der Waals surface area contributed by atoms with Crippen LogP contribution in [0.3, 0.4) is 0 Å². The van der Waals surface area contributed by atoms with Gasteiger partial charge in [-0.15, -0.1) is 0 Å². The summed E-state index contributed by atoms with van der Waals surface area (Å²) in [5.74, 6) is 0.416. The second-order valence-electron chi connectivity index (χ2n) is 9.29. The van der Waals surface area contributed by atoms with E-state index in [4.69, 9.17) is 0 Å². The molecule has 0 unspecified atom stereocenters. The molecule has 0 N–H and O–H groups in total. The van der Waals surface area contributed by atoms with Gasteiger partial charge in [-0.05, 0) is 74.3 Å². The summed E-state index contributed by atoms with van der Waals surface area (Å²) in [6, 6.07) is 12.4. The molecule has 3 saturated heterocycles. The molecule has 31 heavy (non-hydrogen) atoms. The largest absolute Gasteiger partial charge is 0.337 e. The van der Waals surface area contributed by atoms with Crippen LogP contribution in [0.4, 0.5) is 4.39 Å². The first kappa shape index (κ1) is 20.2. The molecule has 0 radical (unpaired) electrons. The molecular weight excluding hydrogens is 393 g/mol. The van der Waals surface area contributed by atoms with Crippen molar-refractivity contribution in [3.63, 3.8) is 0 Å². The van der Waals surface area contributed by atoms with Crippen LogP contribution >= 0.6 is 0 Å². The monoisotopic (exact) mass is 421 g/mol. The van der Waals surface area contributed by atoms with Gasteiger partial charge in [0, 0.05) is 37.3 Å². The van der Waals surface area contributed by atoms with Crippen molar-refractivity contribution < 1.29 is 14.0 Å². The zero-order valence-corrected chi connectivity index (χ0v) is 17.8. The van der Waals surface area contributed by atoms with E-state index in [-0.39, 0.29) is 35.6 Å². The fourth-order valence-electron chi connectivity index (χ4n) is 5.93. The summed E-state index contributed by atoms with van der Waals surface area (Å²) >= 11 is 0. The first-order valence-corrected chi connectivity index (χ1v) is 11.3. The Bertz CT molecular complexity index is 1010. The predicted molar refractivity (Wildman–Crippen MR) is 115 cm³/mol. The van der Waals surface area contributed by atoms with E-state index in [9.17, 15) is 14.0 Å². The van der Waals surface area contributed by atoms with Gasteiger partial charge in [0.05, 0.1) is 0 Å². The van der Waals surface area contributed by atoms with Gasteiger partial charge >= 0.3 is 0 Å². The zero-order chi connectivity index (χ0) is 21.5. The molecular formula is C25H28FN3O2. The summed E-state index contributed by atoms with van der Waals surface area (Å²) in [5, 5.41) is 0. The van der Waals surface area contributed by atoms with Gasteiger partial charge < -0.3 is 9.80 Å². The summed E-state index contributed by atoms with van der Waals surface area (Å²) in [4.78, 5) is 34.7. The van der Waals surface area contributed by atoms with Crippen molar-refractivity contribution in [2.45, 2.75) is 51.1 Å². The lowest BCUT2D eigenvalue weighted by Gasteiger charge is -2.56. The van der Waals surface area contributed by atoms with Crippen LogP contribution in [0.15, 0.2) is 42.5 Å². The first-order valence-electron chi connectivity index (χ1n) is 11.3. The van der Waals surface area contributed by atoms with Crippen LogP contribution in [-0.2, 0) is 11.2 Å². The minimum atomic E-state index is -0.251. The third-order valence-corrected chi connectivity index (χ3v) is 7.23. The van der Waals surface area contributed by atoms with Gasteiger partial charge in [-0.1, -0.05) is 18.2 Å². The van der Waals surface area contributed by atoms with Crippen LogP contribution in [-0.4, -0.2) is 51.8 Å². The lowest BCUT2D eigenvalue weighted by atomic mass is 9.70. The number of amides is 2. The quantitative estimate of drug-likeness (QED) is 0.761. The maximum Gasteiger partial charge on any atom is 0.272 e. The van der Waals surface area contributed by atoms with Gasteiger partial charge in [0.25, 0.3) is 5.91 Å². The van der Waals surface area contributed by atoms with Gasteiger partial charge in [-0.2, -0.15) is 0 Å². The number of aromatic nitrogens is 1. The highest BCUT2D eigenvalue weighted by Gasteiger charge is 2.50. The lowest BCUT2D eigenvalue weighted by molar-refractivity contribution is -0.151. The molecule has 2 bridgehead atoms. The average Bonchev–Trinajstić information content (AvgIpc) is 2.76. The highest BCUT2D eigenvalue weighted by Crippen LogP contribution is 2.42. The van der Waals surface area contributed by atoms with Crippen molar-refractivity contribution in [2.24, 2.45) is 11.8 Å². The number of likely N-dealkylation sites (tertiary alicyclic amines) is 1. The Labute approximate surface area is 182 Å². The minimum absolute atomic E-state index is 0.00285. The molecule has 2 amide bonds. The van der Waals surface area contributed by atoms with Gasteiger partial charge in [0.1, 0.15) is 11.5 Å². The summed E-state index contributed by atoms with van der Waals surface area (Å²) < 4.78 is 13.8. The fraction of sp³-hybridized carbons (Fsp3) is 0.480. The smallest absolute Gasteiger partial charge is 0.272 e. The van der Waals surface area contributed by atoms with Crippen LogP contribution in [0.1, 0.15) is 47.4 Å². The molecule has 4 heterocycles. The molecule has 5 rings (SSSR count). The van der Waals surface area contributed by atoms with E-state index in [1.807, 2.05) is 30.0 Å². The number of rotatable bonds is 3. The molecule has 0 spiro atoms. The number of fused-ring (bicyclic) bond motifs is 4. The lowest BCUT2D eigenvalue weighted by Crippen LogP contribution is -2.66. The van der Waals surface area contributed by atoms with Crippen LogP contribution in [0, 0.1) is 24.6 Å². The molecule has 6 heteroatoms. The van der Waals surface area contributed by atoms with E-state index in [2.05, 4.69) is 9.88 Å². The summed E-state index contributed by atoms with van der Waals surface area (Å²) in [5.41, 5.74) is 2.22. The minimum Gasteiger partial charge on any atom is -0.337 e. The molecule has 0 aliphatic carbocycles. The number of hydrogen-bond acceptors (Lipinski definition) is 3. The Morgan fingerprint density at radius 3 is 2.77 bits per heavy atom. The molecule has 3 fully saturated rings. The molecule has 1 aromatic carbocycles. The second kappa shape index (κ2) is 8.06. The van der Waals surface area contributed by atoms with E-state index in [0.29, 0.717) is 37.5 Å². The molecule has 0 saturated carbocycles. The van der Waals surface area contributed by atoms with E-state index in [1.54, 1.807) is 18.2 Å². The Morgan fingerprint density at radius 1 is 1.16 bits per heavy atom. The van der Waals surface area contributed by atoms with Gasteiger partial charge in [0.2, 0.25) is 5.91 Å². The summed E-state index contributed by atoms with van der Waals surface area (Å²) in [6.45, 7) is 3.18. The van der Waals surface area contributed by atoms with Crippen molar-refractivity contribution >= 4 is 11.8 Å². The number of piperidine rings is 3. The van der Waals surface area contributed by atoms with Crippen LogP contribution in [0.2, 0.25) is 0 Å². The highest BCUT2D eigenvalue weighted by molar-refractivity contribution is 5.92. The number of nitrogens with zero attached hydrogens (tertiary/aromatic N) is 3. The topological polar surface area (TPSA) is 53.5 Å². The summed E-state index contributed by atoms with van der Waals surface area (Å²) in [7, 11) is 0. The first-order chi connectivity index (χ1) is 15.0. The molecule has 2 aromatic rings. The second-order valence-corrected chi connectivity index (χ2v) is 9.29. The standard InChI is InChI=1S/C25H28FN3O2/c1-16-5-2-8-21(27-16)25(31)28-14-18-13-19(15-28)23(12-17-6-3-7-20(26)11-17)29-22(18)9-4-10-24(29)30/h2-3,5-8,11,18-19,22-23H,4,9-10,12-15H2,1H3/t18-,19+,22+,23+/m1/s1. The van der Waals surface area contributed by atoms with E-state index in [0.717, 1.165) is 30.5 Å². The van der Waals surface area contributed by atoms with Crippen LogP contribution in [0.25, 0.3) is 0 Å². The fourth-order valence-corrected chi connectivity index (χ4v) is 5.93. The van der Waals surface area contributed by atoms with Crippen LogP contribution < -0.4 is 0 Å². The third kappa shape index (κ3) is 3.84.